The van der Waals surface area contributed by atoms with Gasteiger partial charge in [0.2, 0.25) is 0 Å². The van der Waals surface area contributed by atoms with Gasteiger partial charge in [0, 0.05) is 43.2 Å². The maximum absolute atomic E-state index is 12.9. The molecule has 0 aromatic heterocycles. The molecule has 0 spiro atoms. The number of amides is 2. The molecule has 5 rings (SSSR count). The Morgan fingerprint density at radius 2 is 1.82 bits per heavy atom. The smallest absolute Gasteiger partial charge is 0.254 e. The van der Waals surface area contributed by atoms with Crippen molar-refractivity contribution in [1.82, 2.24) is 16.0 Å². The average molecular weight is 377 g/mol. The highest BCUT2D eigenvalue weighted by molar-refractivity contribution is 6.02. The second-order valence-corrected chi connectivity index (χ2v) is 7.78. The van der Waals surface area contributed by atoms with Crippen LogP contribution in [-0.4, -0.2) is 44.6 Å². The number of hydrogen-bond acceptors (Lipinski definition) is 4. The molecule has 2 aromatic carbocycles. The predicted octanol–water partition coefficient (Wildman–Crippen LogP) is 1.52. The molecule has 3 N–H and O–H groups in total. The minimum Gasteiger partial charge on any atom is -0.491 e. The van der Waals surface area contributed by atoms with Gasteiger partial charge in [0.25, 0.3) is 11.8 Å². The van der Waals surface area contributed by atoms with Crippen molar-refractivity contribution in [2.24, 2.45) is 11.8 Å². The molecule has 2 aromatic rings. The van der Waals surface area contributed by atoms with E-state index in [2.05, 4.69) is 16.0 Å². The number of nitrogens with one attached hydrogen (secondary N) is 3. The fourth-order valence-corrected chi connectivity index (χ4v) is 4.59. The summed E-state index contributed by atoms with van der Waals surface area (Å²) in [4.78, 5) is 25.4. The van der Waals surface area contributed by atoms with Gasteiger partial charge in [0.15, 0.2) is 0 Å². The van der Waals surface area contributed by atoms with Crippen molar-refractivity contribution in [3.63, 3.8) is 0 Å². The lowest BCUT2D eigenvalue weighted by Gasteiger charge is -2.13. The molecule has 1 aliphatic carbocycles. The first-order valence-electron chi connectivity index (χ1n) is 9.76. The van der Waals surface area contributed by atoms with Crippen LogP contribution in [0.3, 0.4) is 0 Å². The zero-order valence-corrected chi connectivity index (χ0v) is 15.7. The molecule has 28 heavy (non-hydrogen) atoms. The van der Waals surface area contributed by atoms with E-state index in [1.54, 1.807) is 13.1 Å². The van der Waals surface area contributed by atoms with Crippen LogP contribution < -0.4 is 20.7 Å². The number of rotatable bonds is 4. The van der Waals surface area contributed by atoms with Crippen LogP contribution in [0.4, 0.5) is 0 Å². The summed E-state index contributed by atoms with van der Waals surface area (Å²) in [6.07, 6.45) is 0. The van der Waals surface area contributed by atoms with E-state index in [-0.39, 0.29) is 23.8 Å². The number of ether oxygens (including phenoxy) is 1. The predicted molar refractivity (Wildman–Crippen MR) is 105 cm³/mol. The molecule has 0 bridgehead atoms. The summed E-state index contributed by atoms with van der Waals surface area (Å²) in [5, 5.41) is 9.14. The summed E-state index contributed by atoms with van der Waals surface area (Å²) in [7, 11) is 1.59. The van der Waals surface area contributed by atoms with Crippen molar-refractivity contribution in [1.29, 1.82) is 0 Å². The van der Waals surface area contributed by atoms with E-state index in [0.29, 0.717) is 35.3 Å². The molecule has 144 valence electrons. The van der Waals surface area contributed by atoms with E-state index in [1.807, 2.05) is 36.4 Å². The van der Waals surface area contributed by atoms with Crippen LogP contribution in [0.1, 0.15) is 37.8 Å². The summed E-state index contributed by atoms with van der Waals surface area (Å²) in [5.74, 6) is 1.31. The standard InChI is InChI=1S/C22H23N3O3/c1-23-22(27)15-8-13(21(26)25-19-16-9-24-10-17(16)19)7-14-18(11-28-20(14)15)12-5-3-2-4-6-12/h2-8,16-19,24H,9-11H2,1H3,(H,23,27)(H,25,26)/t16-,17+,18-,19+/m1/s1. The normalized spacial score (nSPS) is 26.8. The van der Waals surface area contributed by atoms with E-state index >= 15 is 0 Å². The third-order valence-electron chi connectivity index (χ3n) is 6.21. The Kier molecular flexibility index (Phi) is 4.09. The highest BCUT2D eigenvalue weighted by Gasteiger charge is 2.53. The van der Waals surface area contributed by atoms with E-state index in [0.717, 1.165) is 24.2 Å². The Morgan fingerprint density at radius 1 is 1.07 bits per heavy atom. The van der Waals surface area contributed by atoms with Gasteiger partial charge in [-0.25, -0.2) is 0 Å². The summed E-state index contributed by atoms with van der Waals surface area (Å²) >= 11 is 0. The Bertz CT molecular complexity index is 934. The van der Waals surface area contributed by atoms with Crippen molar-refractivity contribution in [3.8, 4) is 5.75 Å². The van der Waals surface area contributed by atoms with Crippen molar-refractivity contribution < 1.29 is 14.3 Å². The van der Waals surface area contributed by atoms with Crippen LogP contribution in [0.5, 0.6) is 5.75 Å². The van der Waals surface area contributed by atoms with Crippen molar-refractivity contribution in [2.45, 2.75) is 12.0 Å². The van der Waals surface area contributed by atoms with Crippen LogP contribution >= 0.6 is 0 Å². The largest absolute Gasteiger partial charge is 0.491 e. The maximum Gasteiger partial charge on any atom is 0.254 e. The van der Waals surface area contributed by atoms with Crippen LogP contribution in [0.15, 0.2) is 42.5 Å². The molecule has 6 heteroatoms. The molecule has 3 aliphatic rings. The van der Waals surface area contributed by atoms with Crippen molar-refractivity contribution in [2.75, 3.05) is 26.7 Å². The van der Waals surface area contributed by atoms with Gasteiger partial charge in [-0.3, -0.25) is 9.59 Å². The molecule has 0 radical (unpaired) electrons. The van der Waals surface area contributed by atoms with E-state index in [4.69, 9.17) is 4.74 Å². The quantitative estimate of drug-likeness (QED) is 0.755. The lowest BCUT2D eigenvalue weighted by atomic mass is 9.90. The zero-order chi connectivity index (χ0) is 19.3. The minimum atomic E-state index is -0.243. The van der Waals surface area contributed by atoms with Gasteiger partial charge in [-0.2, -0.15) is 0 Å². The van der Waals surface area contributed by atoms with Crippen molar-refractivity contribution in [3.05, 3.63) is 64.7 Å². The number of piperidine rings is 1. The number of hydrogen-bond donors (Lipinski definition) is 3. The number of carbonyl (C=O) groups is 2. The molecule has 1 saturated carbocycles. The third kappa shape index (κ3) is 2.76. The average Bonchev–Trinajstić information content (AvgIpc) is 3.10. The van der Waals surface area contributed by atoms with Gasteiger partial charge >= 0.3 is 0 Å². The molecule has 4 atom stereocenters. The summed E-state index contributed by atoms with van der Waals surface area (Å²) in [5.41, 5.74) is 2.95. The van der Waals surface area contributed by atoms with Gasteiger partial charge < -0.3 is 20.7 Å². The lowest BCUT2D eigenvalue weighted by Crippen LogP contribution is -2.32. The van der Waals surface area contributed by atoms with Crippen LogP contribution in [0, 0.1) is 11.8 Å². The first-order chi connectivity index (χ1) is 13.7. The maximum atomic E-state index is 12.9. The number of carbonyl (C=O) groups excluding carboxylic acids is 2. The molecular formula is C22H23N3O3. The second-order valence-electron chi connectivity index (χ2n) is 7.78. The fourth-order valence-electron chi connectivity index (χ4n) is 4.59. The third-order valence-corrected chi connectivity index (χ3v) is 6.21. The zero-order valence-electron chi connectivity index (χ0n) is 15.7. The SMILES string of the molecule is CNC(=O)c1cc(C(=O)N[C@H]2[C@@H]3CNC[C@@H]32)cc2c1OC[C@@H]2c1ccccc1. The highest BCUT2D eigenvalue weighted by atomic mass is 16.5. The van der Waals surface area contributed by atoms with E-state index in [9.17, 15) is 9.59 Å². The molecule has 2 heterocycles. The van der Waals surface area contributed by atoms with Crippen LogP contribution in [-0.2, 0) is 0 Å². The summed E-state index contributed by atoms with van der Waals surface area (Å²) in [6.45, 7) is 2.40. The van der Waals surface area contributed by atoms with Gasteiger partial charge in [-0.15, -0.1) is 0 Å². The summed E-state index contributed by atoms with van der Waals surface area (Å²) < 4.78 is 5.91. The number of benzene rings is 2. The minimum absolute atomic E-state index is 0.0110. The summed E-state index contributed by atoms with van der Waals surface area (Å²) in [6, 6.07) is 13.8. The lowest BCUT2D eigenvalue weighted by molar-refractivity contribution is 0.0946. The van der Waals surface area contributed by atoms with E-state index < -0.39 is 0 Å². The Labute approximate surface area is 163 Å². The Balaban J connectivity index is 1.50. The fraction of sp³-hybridized carbons (Fsp3) is 0.364. The first kappa shape index (κ1) is 17.3. The molecule has 1 saturated heterocycles. The highest BCUT2D eigenvalue weighted by Crippen LogP contribution is 2.43. The molecule has 2 amide bonds. The van der Waals surface area contributed by atoms with Crippen molar-refractivity contribution >= 4 is 11.8 Å². The number of fused-ring (bicyclic) bond motifs is 2. The topological polar surface area (TPSA) is 79.5 Å². The van der Waals surface area contributed by atoms with E-state index in [1.165, 1.54) is 0 Å². The monoisotopic (exact) mass is 377 g/mol. The van der Waals surface area contributed by atoms with Gasteiger partial charge in [-0.05, 0) is 29.5 Å². The van der Waals surface area contributed by atoms with Gasteiger partial charge in [0.05, 0.1) is 12.2 Å². The second kappa shape index (κ2) is 6.63. The van der Waals surface area contributed by atoms with Gasteiger partial charge in [-0.1, -0.05) is 30.3 Å². The molecular weight excluding hydrogens is 354 g/mol. The Morgan fingerprint density at radius 3 is 2.54 bits per heavy atom. The molecule has 2 fully saturated rings. The van der Waals surface area contributed by atoms with Crippen LogP contribution in [0.2, 0.25) is 0 Å². The molecule has 2 aliphatic heterocycles. The van der Waals surface area contributed by atoms with Gasteiger partial charge in [0.1, 0.15) is 5.75 Å². The molecule has 6 nitrogen and oxygen atoms in total. The Hall–Kier alpha value is -2.86. The van der Waals surface area contributed by atoms with Crippen LogP contribution in [0.25, 0.3) is 0 Å². The first-order valence-corrected chi connectivity index (χ1v) is 9.76. The molecule has 0 unspecified atom stereocenters.